The van der Waals surface area contributed by atoms with Gasteiger partial charge < -0.3 is 9.80 Å². The maximum atomic E-state index is 11.9. The van der Waals surface area contributed by atoms with Crippen molar-refractivity contribution in [2.45, 2.75) is 26.2 Å². The minimum Gasteiger partial charge on any atom is -0.339 e. The summed E-state index contributed by atoms with van der Waals surface area (Å²) in [7, 11) is 4.01. The number of likely N-dealkylation sites (N-methyl/N-ethyl adjacent to an activating group) is 1. The second-order valence-corrected chi connectivity index (χ2v) is 4.87. The highest BCUT2D eigenvalue weighted by Gasteiger charge is 2.20. The van der Waals surface area contributed by atoms with Crippen molar-refractivity contribution < 1.29 is 4.79 Å². The third-order valence-corrected chi connectivity index (χ3v) is 3.14. The lowest BCUT2D eigenvalue weighted by molar-refractivity contribution is -0.127. The van der Waals surface area contributed by atoms with Gasteiger partial charge in [-0.05, 0) is 32.9 Å². The normalized spacial score (nSPS) is 22.0. The van der Waals surface area contributed by atoms with Crippen molar-refractivity contribution in [1.29, 1.82) is 0 Å². The minimum atomic E-state index is 0.181. The fourth-order valence-corrected chi connectivity index (χ4v) is 2.07. The first-order valence-corrected chi connectivity index (χ1v) is 6.23. The Hall–Kier alpha value is -0.830. The van der Waals surface area contributed by atoms with E-state index in [1.807, 2.05) is 25.1 Å². The highest BCUT2D eigenvalue weighted by Crippen LogP contribution is 2.19. The van der Waals surface area contributed by atoms with E-state index in [0.717, 1.165) is 26.1 Å². The monoisotopic (exact) mass is 224 g/mol. The summed E-state index contributed by atoms with van der Waals surface area (Å²) in [6.07, 6.45) is 7.29. The fourth-order valence-electron chi connectivity index (χ4n) is 2.07. The van der Waals surface area contributed by atoms with Crippen LogP contribution in [0, 0.1) is 5.92 Å². The molecule has 1 aliphatic rings. The molecule has 1 atom stereocenters. The van der Waals surface area contributed by atoms with E-state index in [4.69, 9.17) is 0 Å². The zero-order chi connectivity index (χ0) is 12.0. The molecule has 0 aromatic rings. The molecule has 0 aromatic heterocycles. The van der Waals surface area contributed by atoms with Crippen LogP contribution < -0.4 is 0 Å². The first-order valence-electron chi connectivity index (χ1n) is 6.23. The highest BCUT2D eigenvalue weighted by molar-refractivity contribution is 5.87. The molecule has 0 bridgehead atoms. The molecule has 0 saturated carbocycles. The zero-order valence-corrected chi connectivity index (χ0v) is 10.8. The Morgan fingerprint density at radius 2 is 2.25 bits per heavy atom. The smallest absolute Gasteiger partial charge is 0.246 e. The van der Waals surface area contributed by atoms with Gasteiger partial charge in [0, 0.05) is 25.7 Å². The molecular formula is C13H24N2O. The van der Waals surface area contributed by atoms with Gasteiger partial charge >= 0.3 is 0 Å². The molecule has 1 heterocycles. The summed E-state index contributed by atoms with van der Waals surface area (Å²) in [5.74, 6) is 0.889. The molecule has 0 N–H and O–H groups in total. The summed E-state index contributed by atoms with van der Waals surface area (Å²) in [4.78, 5) is 15.9. The van der Waals surface area contributed by atoms with Gasteiger partial charge in [-0.25, -0.2) is 0 Å². The van der Waals surface area contributed by atoms with Crippen molar-refractivity contribution in [3.05, 3.63) is 12.2 Å². The highest BCUT2D eigenvalue weighted by atomic mass is 16.2. The number of amides is 1. The molecule has 1 fully saturated rings. The van der Waals surface area contributed by atoms with Crippen LogP contribution in [-0.2, 0) is 4.79 Å². The lowest BCUT2D eigenvalue weighted by Crippen LogP contribution is -2.38. The van der Waals surface area contributed by atoms with Crippen molar-refractivity contribution in [2.75, 3.05) is 33.7 Å². The second-order valence-electron chi connectivity index (χ2n) is 4.87. The molecule has 1 amide bonds. The predicted molar refractivity (Wildman–Crippen MR) is 67.3 cm³/mol. The van der Waals surface area contributed by atoms with E-state index in [0.29, 0.717) is 5.92 Å². The summed E-state index contributed by atoms with van der Waals surface area (Å²) in [5, 5.41) is 0. The van der Waals surface area contributed by atoms with Crippen LogP contribution in [0.4, 0.5) is 0 Å². The number of piperidine rings is 1. The SMILES string of the molecule is CCC1CCCN(C(=O)/C=C/CN(C)C)C1. The van der Waals surface area contributed by atoms with E-state index in [-0.39, 0.29) is 5.91 Å². The third kappa shape index (κ3) is 4.35. The van der Waals surface area contributed by atoms with Crippen LogP contribution in [0.1, 0.15) is 26.2 Å². The average Bonchev–Trinajstić information content (AvgIpc) is 2.28. The Kier molecular flexibility index (Phi) is 5.53. The minimum absolute atomic E-state index is 0.181. The summed E-state index contributed by atoms with van der Waals surface area (Å²) < 4.78 is 0. The van der Waals surface area contributed by atoms with Gasteiger partial charge in [0.2, 0.25) is 5.91 Å². The van der Waals surface area contributed by atoms with E-state index in [2.05, 4.69) is 11.8 Å². The van der Waals surface area contributed by atoms with E-state index in [1.54, 1.807) is 6.08 Å². The van der Waals surface area contributed by atoms with Gasteiger partial charge in [-0.3, -0.25) is 4.79 Å². The van der Waals surface area contributed by atoms with E-state index < -0.39 is 0 Å². The lowest BCUT2D eigenvalue weighted by atomic mass is 9.95. The molecule has 0 aliphatic carbocycles. The van der Waals surface area contributed by atoms with E-state index >= 15 is 0 Å². The number of rotatable bonds is 4. The Morgan fingerprint density at radius 3 is 2.88 bits per heavy atom. The molecule has 1 aliphatic heterocycles. The van der Waals surface area contributed by atoms with E-state index in [9.17, 15) is 4.79 Å². The van der Waals surface area contributed by atoms with Crippen molar-refractivity contribution in [2.24, 2.45) is 5.92 Å². The number of carbonyl (C=O) groups is 1. The van der Waals surface area contributed by atoms with Crippen LogP contribution in [0.15, 0.2) is 12.2 Å². The van der Waals surface area contributed by atoms with Gasteiger partial charge in [-0.1, -0.05) is 19.4 Å². The maximum Gasteiger partial charge on any atom is 0.246 e. The van der Waals surface area contributed by atoms with Gasteiger partial charge in [0.15, 0.2) is 0 Å². The average molecular weight is 224 g/mol. The third-order valence-electron chi connectivity index (χ3n) is 3.14. The molecule has 0 aromatic carbocycles. The van der Waals surface area contributed by atoms with Crippen molar-refractivity contribution >= 4 is 5.91 Å². The van der Waals surface area contributed by atoms with Crippen molar-refractivity contribution in [1.82, 2.24) is 9.80 Å². The van der Waals surface area contributed by atoms with Crippen LogP contribution >= 0.6 is 0 Å². The molecule has 92 valence electrons. The summed E-state index contributed by atoms with van der Waals surface area (Å²) in [6, 6.07) is 0. The molecule has 1 unspecified atom stereocenters. The van der Waals surface area contributed by atoms with Crippen LogP contribution in [0.25, 0.3) is 0 Å². The van der Waals surface area contributed by atoms with Crippen LogP contribution in [0.3, 0.4) is 0 Å². The second kappa shape index (κ2) is 6.69. The number of nitrogens with zero attached hydrogens (tertiary/aromatic N) is 2. The summed E-state index contributed by atoms with van der Waals surface area (Å²) in [5.41, 5.74) is 0. The van der Waals surface area contributed by atoms with Crippen LogP contribution in [-0.4, -0.2) is 49.4 Å². The van der Waals surface area contributed by atoms with Gasteiger partial charge in [0.1, 0.15) is 0 Å². The fraction of sp³-hybridized carbons (Fsp3) is 0.769. The standard InChI is InChI=1S/C13H24N2O/c1-4-12-7-5-10-15(11-12)13(16)8-6-9-14(2)3/h6,8,12H,4-5,7,9-11H2,1-3H3/b8-6+. The van der Waals surface area contributed by atoms with Crippen LogP contribution in [0.2, 0.25) is 0 Å². The van der Waals surface area contributed by atoms with Gasteiger partial charge in [0.05, 0.1) is 0 Å². The first-order chi connectivity index (χ1) is 7.63. The van der Waals surface area contributed by atoms with Gasteiger partial charge in [-0.2, -0.15) is 0 Å². The van der Waals surface area contributed by atoms with Crippen LogP contribution in [0.5, 0.6) is 0 Å². The molecule has 3 nitrogen and oxygen atoms in total. The predicted octanol–water partition coefficient (Wildman–Crippen LogP) is 1.75. The number of likely N-dealkylation sites (tertiary alicyclic amines) is 1. The topological polar surface area (TPSA) is 23.6 Å². The van der Waals surface area contributed by atoms with Gasteiger partial charge in [0.25, 0.3) is 0 Å². The largest absolute Gasteiger partial charge is 0.339 e. The summed E-state index contributed by atoms with van der Waals surface area (Å²) >= 11 is 0. The molecule has 0 radical (unpaired) electrons. The molecule has 16 heavy (non-hydrogen) atoms. The number of carbonyl (C=O) groups excluding carboxylic acids is 1. The van der Waals surface area contributed by atoms with Gasteiger partial charge in [-0.15, -0.1) is 0 Å². The quantitative estimate of drug-likeness (QED) is 0.679. The first kappa shape index (κ1) is 13.2. The summed E-state index contributed by atoms with van der Waals surface area (Å²) in [6.45, 7) is 4.92. The molecule has 1 saturated heterocycles. The number of hydrogen-bond donors (Lipinski definition) is 0. The Morgan fingerprint density at radius 1 is 1.50 bits per heavy atom. The Bertz CT molecular complexity index is 248. The Labute approximate surface area is 99.1 Å². The molecule has 3 heteroatoms. The zero-order valence-electron chi connectivity index (χ0n) is 10.8. The number of hydrogen-bond acceptors (Lipinski definition) is 2. The maximum absolute atomic E-state index is 11.9. The Balaban J connectivity index is 2.38. The molecule has 0 spiro atoms. The lowest BCUT2D eigenvalue weighted by Gasteiger charge is -2.31. The van der Waals surface area contributed by atoms with Crippen molar-refractivity contribution in [3.63, 3.8) is 0 Å². The molecule has 1 rings (SSSR count). The van der Waals surface area contributed by atoms with Crippen molar-refractivity contribution in [3.8, 4) is 0 Å². The molecular weight excluding hydrogens is 200 g/mol. The van der Waals surface area contributed by atoms with E-state index in [1.165, 1.54) is 12.8 Å².